The molecular formula is C26H37N7O4. The van der Waals surface area contributed by atoms with Gasteiger partial charge in [-0.25, -0.2) is 19.8 Å². The van der Waals surface area contributed by atoms with Gasteiger partial charge in [-0.05, 0) is 43.5 Å². The molecule has 1 unspecified atom stereocenters. The monoisotopic (exact) mass is 511 g/mol. The first kappa shape index (κ1) is 28.0. The van der Waals surface area contributed by atoms with Gasteiger partial charge >= 0.3 is 6.09 Å². The van der Waals surface area contributed by atoms with Crippen molar-refractivity contribution in [2.24, 2.45) is 11.5 Å². The van der Waals surface area contributed by atoms with Crippen LogP contribution >= 0.6 is 0 Å². The minimum atomic E-state index is -0.523. The van der Waals surface area contributed by atoms with Crippen molar-refractivity contribution in [1.29, 1.82) is 0 Å². The summed E-state index contributed by atoms with van der Waals surface area (Å²) in [5.74, 6) is 0.326. The summed E-state index contributed by atoms with van der Waals surface area (Å²) in [4.78, 5) is 41.4. The van der Waals surface area contributed by atoms with Crippen LogP contribution in [0.4, 0.5) is 10.5 Å². The molecule has 0 fully saturated rings. The number of carbonyl (C=O) groups excluding carboxylic acids is 2. The molecule has 2 heterocycles. The minimum absolute atomic E-state index is 0.128. The fourth-order valence-electron chi connectivity index (χ4n) is 3.85. The summed E-state index contributed by atoms with van der Waals surface area (Å²) in [7, 11) is 1.91. The van der Waals surface area contributed by atoms with Crippen LogP contribution in [0.5, 0.6) is 0 Å². The number of hydrogen-bond acceptors (Lipinski definition) is 9. The van der Waals surface area contributed by atoms with E-state index in [1.54, 1.807) is 26.2 Å². The lowest BCUT2D eigenvalue weighted by Crippen LogP contribution is -2.41. The molecule has 1 aromatic carbocycles. The van der Waals surface area contributed by atoms with Crippen molar-refractivity contribution in [3.8, 4) is 11.1 Å². The predicted octanol–water partition coefficient (Wildman–Crippen LogP) is 2.42. The molecule has 200 valence electrons. The zero-order chi connectivity index (χ0) is 26.9. The number of ether oxygens (including phenoxy) is 1. The molecule has 2 amide bonds. The van der Waals surface area contributed by atoms with E-state index in [2.05, 4.69) is 15.3 Å². The number of nitrogens with two attached hydrogens (primary N) is 2. The van der Waals surface area contributed by atoms with E-state index in [1.165, 1.54) is 5.06 Å². The van der Waals surface area contributed by atoms with Gasteiger partial charge in [0.15, 0.2) is 0 Å². The standard InChI is InChI=1S/C26H37N7O4/c1-5-9-33(36-10-8-29-26(35)37-17(2)3)25(34)20-11-19-7-6-18(12-22(19)32(4)23(28)13-20)21-15-30-24(14-27)31-16-21/h6-7,11-12,15-17,23H,5,8-10,13-14,27-28H2,1-4H3,(H,29,35). The van der Waals surface area contributed by atoms with E-state index >= 15 is 0 Å². The lowest BCUT2D eigenvalue weighted by Gasteiger charge is -2.27. The van der Waals surface area contributed by atoms with E-state index in [-0.39, 0.29) is 31.7 Å². The first-order valence-corrected chi connectivity index (χ1v) is 12.5. The second kappa shape index (κ2) is 13.1. The minimum Gasteiger partial charge on any atom is -0.447 e. The highest BCUT2D eigenvalue weighted by atomic mass is 16.7. The summed E-state index contributed by atoms with van der Waals surface area (Å²) in [6.07, 6.45) is 5.25. The van der Waals surface area contributed by atoms with E-state index in [0.29, 0.717) is 30.8 Å². The van der Waals surface area contributed by atoms with Gasteiger partial charge in [-0.1, -0.05) is 19.1 Å². The number of alkyl carbamates (subject to hydrolysis) is 1. The van der Waals surface area contributed by atoms with Crippen LogP contribution in [0.2, 0.25) is 0 Å². The van der Waals surface area contributed by atoms with Crippen molar-refractivity contribution in [3.05, 3.63) is 47.6 Å². The molecule has 1 atom stereocenters. The van der Waals surface area contributed by atoms with Gasteiger partial charge in [0.25, 0.3) is 5.91 Å². The SMILES string of the molecule is CCCN(OCCNC(=O)OC(C)C)C(=O)C1=Cc2ccc(-c3cnc(CN)nc3)cc2N(C)C(N)C1. The Morgan fingerprint density at radius 1 is 1.24 bits per heavy atom. The normalized spacial score (nSPS) is 15.1. The molecule has 1 aliphatic rings. The third kappa shape index (κ3) is 7.48. The van der Waals surface area contributed by atoms with Crippen molar-refractivity contribution >= 4 is 23.8 Å². The number of benzene rings is 1. The Morgan fingerprint density at radius 3 is 2.62 bits per heavy atom. The predicted molar refractivity (Wildman–Crippen MR) is 142 cm³/mol. The lowest BCUT2D eigenvalue weighted by molar-refractivity contribution is -0.181. The Balaban J connectivity index is 1.77. The maximum absolute atomic E-state index is 13.4. The Hall–Kier alpha value is -3.54. The summed E-state index contributed by atoms with van der Waals surface area (Å²) in [5.41, 5.74) is 16.2. The first-order chi connectivity index (χ1) is 17.7. The largest absolute Gasteiger partial charge is 0.447 e. The second-order valence-corrected chi connectivity index (χ2v) is 9.04. The Labute approximate surface area is 217 Å². The van der Waals surface area contributed by atoms with Crippen molar-refractivity contribution in [2.45, 2.75) is 52.4 Å². The molecule has 3 rings (SSSR count). The number of hydroxylamine groups is 2. The van der Waals surface area contributed by atoms with Gasteiger partial charge in [0.05, 0.1) is 25.4 Å². The van der Waals surface area contributed by atoms with E-state index in [4.69, 9.17) is 21.0 Å². The molecule has 37 heavy (non-hydrogen) atoms. The maximum atomic E-state index is 13.4. The Morgan fingerprint density at radius 2 is 1.97 bits per heavy atom. The number of nitrogens with one attached hydrogen (secondary N) is 1. The summed E-state index contributed by atoms with van der Waals surface area (Å²) in [6, 6.07) is 5.94. The van der Waals surface area contributed by atoms with Crippen molar-refractivity contribution in [2.75, 3.05) is 31.6 Å². The smallest absolute Gasteiger partial charge is 0.407 e. The highest BCUT2D eigenvalue weighted by Crippen LogP contribution is 2.33. The van der Waals surface area contributed by atoms with Crippen LogP contribution < -0.4 is 21.7 Å². The Kier molecular flexibility index (Phi) is 9.95. The van der Waals surface area contributed by atoms with Gasteiger partial charge in [0.1, 0.15) is 5.82 Å². The fraction of sp³-hybridized carbons (Fsp3) is 0.462. The van der Waals surface area contributed by atoms with Crippen molar-refractivity contribution < 1.29 is 19.2 Å². The van der Waals surface area contributed by atoms with E-state index < -0.39 is 12.3 Å². The summed E-state index contributed by atoms with van der Waals surface area (Å²) < 4.78 is 5.04. The van der Waals surface area contributed by atoms with Crippen LogP contribution in [-0.4, -0.2) is 66.0 Å². The fourth-order valence-corrected chi connectivity index (χ4v) is 3.85. The average Bonchev–Trinajstić information content (AvgIpc) is 3.00. The highest BCUT2D eigenvalue weighted by Gasteiger charge is 2.26. The first-order valence-electron chi connectivity index (χ1n) is 12.5. The second-order valence-electron chi connectivity index (χ2n) is 9.04. The van der Waals surface area contributed by atoms with Crippen molar-refractivity contribution in [1.82, 2.24) is 20.3 Å². The van der Waals surface area contributed by atoms with Gasteiger partial charge < -0.3 is 26.4 Å². The van der Waals surface area contributed by atoms with Gasteiger partial charge in [0, 0.05) is 55.8 Å². The molecule has 1 aromatic heterocycles. The quantitative estimate of drug-likeness (QED) is 0.323. The van der Waals surface area contributed by atoms with Crippen LogP contribution in [0, 0.1) is 0 Å². The molecular weight excluding hydrogens is 474 g/mol. The molecule has 0 bridgehead atoms. The van der Waals surface area contributed by atoms with Gasteiger partial charge in [-0.2, -0.15) is 0 Å². The average molecular weight is 512 g/mol. The molecule has 0 radical (unpaired) electrons. The van der Waals surface area contributed by atoms with Gasteiger partial charge in [-0.3, -0.25) is 9.63 Å². The maximum Gasteiger partial charge on any atom is 0.407 e. The molecule has 5 N–H and O–H groups in total. The number of amides is 2. The summed E-state index contributed by atoms with van der Waals surface area (Å²) in [6.45, 7) is 6.53. The number of carbonyl (C=O) groups is 2. The van der Waals surface area contributed by atoms with Crippen molar-refractivity contribution in [3.63, 3.8) is 0 Å². The van der Waals surface area contributed by atoms with Crippen LogP contribution in [0.25, 0.3) is 17.2 Å². The molecule has 0 saturated carbocycles. The molecule has 1 aliphatic heterocycles. The molecule has 0 aliphatic carbocycles. The number of hydrogen-bond donors (Lipinski definition) is 3. The number of nitrogens with zero attached hydrogens (tertiary/aromatic N) is 4. The Bertz CT molecular complexity index is 1100. The molecule has 0 spiro atoms. The van der Waals surface area contributed by atoms with E-state index in [9.17, 15) is 9.59 Å². The number of aromatic nitrogens is 2. The summed E-state index contributed by atoms with van der Waals surface area (Å²) in [5, 5.41) is 3.95. The van der Waals surface area contributed by atoms with Crippen LogP contribution in [-0.2, 0) is 20.9 Å². The zero-order valence-corrected chi connectivity index (χ0v) is 21.9. The van der Waals surface area contributed by atoms with Crippen LogP contribution in [0.3, 0.4) is 0 Å². The molecule has 11 nitrogen and oxygen atoms in total. The highest BCUT2D eigenvalue weighted by molar-refractivity contribution is 5.99. The zero-order valence-electron chi connectivity index (χ0n) is 21.9. The molecule has 11 heteroatoms. The van der Waals surface area contributed by atoms with E-state index in [0.717, 1.165) is 22.4 Å². The number of fused-ring (bicyclic) bond motifs is 1. The molecule has 0 saturated heterocycles. The lowest BCUT2D eigenvalue weighted by atomic mass is 10.0. The van der Waals surface area contributed by atoms with Crippen LogP contribution in [0.15, 0.2) is 36.2 Å². The number of rotatable bonds is 10. The topological polar surface area (TPSA) is 149 Å². The van der Waals surface area contributed by atoms with Gasteiger partial charge in [0.2, 0.25) is 0 Å². The molecule has 2 aromatic rings. The van der Waals surface area contributed by atoms with E-state index in [1.807, 2.05) is 43.1 Å². The number of anilines is 1. The third-order valence-corrected chi connectivity index (χ3v) is 5.78. The third-order valence-electron chi connectivity index (χ3n) is 5.78. The van der Waals surface area contributed by atoms with Gasteiger partial charge in [-0.15, -0.1) is 0 Å². The van der Waals surface area contributed by atoms with Crippen LogP contribution in [0.1, 0.15) is 45.0 Å². The summed E-state index contributed by atoms with van der Waals surface area (Å²) >= 11 is 0.